The Hall–Kier alpha value is -1.06. The molecule has 0 aliphatic rings. The van der Waals surface area contributed by atoms with Gasteiger partial charge in [-0.2, -0.15) is 0 Å². The predicted octanol–water partition coefficient (Wildman–Crippen LogP) is 3.36. The number of likely N-dealkylation sites (N-methyl/N-ethyl adjacent to an activating group) is 1. The third kappa shape index (κ3) is 5.51. The van der Waals surface area contributed by atoms with E-state index in [1.54, 1.807) is 0 Å². The molecule has 0 aliphatic carbocycles. The Morgan fingerprint density at radius 2 is 2.00 bits per heavy atom. The van der Waals surface area contributed by atoms with Gasteiger partial charge in [-0.3, -0.25) is 0 Å². The topological polar surface area (TPSA) is 24.5 Å². The van der Waals surface area contributed by atoms with Gasteiger partial charge in [-0.1, -0.05) is 26.0 Å². The van der Waals surface area contributed by atoms with Gasteiger partial charge >= 0.3 is 0 Å². The molecule has 0 fully saturated rings. The van der Waals surface area contributed by atoms with Gasteiger partial charge in [0.05, 0.1) is 6.61 Å². The van der Waals surface area contributed by atoms with E-state index < -0.39 is 0 Å². The molecule has 3 heteroatoms. The average molecular weight is 278 g/mol. The summed E-state index contributed by atoms with van der Waals surface area (Å²) in [5.74, 6) is 0. The Kier molecular flexibility index (Phi) is 7.63. The van der Waals surface area contributed by atoms with E-state index in [9.17, 15) is 0 Å². The minimum Gasteiger partial charge on any atom is -0.380 e. The minimum atomic E-state index is 0.522. The summed E-state index contributed by atoms with van der Waals surface area (Å²) in [6, 6.07) is 7.27. The number of anilines is 1. The third-order valence-corrected chi connectivity index (χ3v) is 3.41. The second-order valence-corrected chi connectivity index (χ2v) is 5.43. The molecule has 0 saturated carbocycles. The van der Waals surface area contributed by atoms with Crippen LogP contribution in [-0.4, -0.2) is 32.3 Å². The standard InChI is InChI=1S/C17H30N2O/c1-6-19(10-11-20-7-2)17-9-8-16(12-15(17)5)13-18-14(3)4/h8-9,12,14,18H,6-7,10-11,13H2,1-5H3. The van der Waals surface area contributed by atoms with Crippen LogP contribution in [0.15, 0.2) is 18.2 Å². The molecular weight excluding hydrogens is 248 g/mol. The number of nitrogens with zero attached hydrogens (tertiary/aromatic N) is 1. The Labute approximate surface area is 124 Å². The predicted molar refractivity (Wildman–Crippen MR) is 87.5 cm³/mol. The van der Waals surface area contributed by atoms with Crippen molar-refractivity contribution in [3.05, 3.63) is 29.3 Å². The summed E-state index contributed by atoms with van der Waals surface area (Å²) in [5, 5.41) is 3.46. The fraction of sp³-hybridized carbons (Fsp3) is 0.647. The summed E-state index contributed by atoms with van der Waals surface area (Å²) in [6.07, 6.45) is 0. The molecule has 1 aromatic carbocycles. The summed E-state index contributed by atoms with van der Waals surface area (Å²) >= 11 is 0. The van der Waals surface area contributed by atoms with Gasteiger partial charge in [0.2, 0.25) is 0 Å². The Morgan fingerprint density at radius 1 is 1.25 bits per heavy atom. The van der Waals surface area contributed by atoms with Crippen LogP contribution in [0.25, 0.3) is 0 Å². The van der Waals surface area contributed by atoms with Crippen LogP contribution in [0.5, 0.6) is 0 Å². The van der Waals surface area contributed by atoms with Crippen LogP contribution in [-0.2, 0) is 11.3 Å². The number of ether oxygens (including phenoxy) is 1. The summed E-state index contributed by atoms with van der Waals surface area (Å²) in [6.45, 7) is 15.3. The Balaban J connectivity index is 2.69. The third-order valence-electron chi connectivity index (χ3n) is 3.41. The van der Waals surface area contributed by atoms with E-state index >= 15 is 0 Å². The fourth-order valence-corrected chi connectivity index (χ4v) is 2.27. The van der Waals surface area contributed by atoms with Crippen molar-refractivity contribution in [1.82, 2.24) is 5.32 Å². The van der Waals surface area contributed by atoms with Crippen molar-refractivity contribution >= 4 is 5.69 Å². The molecule has 0 amide bonds. The molecule has 1 aromatic rings. The van der Waals surface area contributed by atoms with Crippen molar-refractivity contribution in [1.29, 1.82) is 0 Å². The van der Waals surface area contributed by atoms with Gasteiger partial charge in [-0.25, -0.2) is 0 Å². The zero-order chi connectivity index (χ0) is 15.0. The van der Waals surface area contributed by atoms with E-state index in [1.165, 1.54) is 16.8 Å². The molecule has 0 aliphatic heterocycles. The van der Waals surface area contributed by atoms with E-state index in [2.05, 4.69) is 56.1 Å². The van der Waals surface area contributed by atoms with Gasteiger partial charge in [0, 0.05) is 38.0 Å². The summed E-state index contributed by atoms with van der Waals surface area (Å²) in [7, 11) is 0. The Morgan fingerprint density at radius 3 is 2.55 bits per heavy atom. The first-order valence-electron chi connectivity index (χ1n) is 7.74. The van der Waals surface area contributed by atoms with Gasteiger partial charge in [-0.15, -0.1) is 0 Å². The molecule has 0 spiro atoms. The molecule has 0 unspecified atom stereocenters. The quantitative estimate of drug-likeness (QED) is 0.701. The summed E-state index contributed by atoms with van der Waals surface area (Å²) in [5.41, 5.74) is 4.01. The first-order valence-corrected chi connectivity index (χ1v) is 7.74. The van der Waals surface area contributed by atoms with Crippen LogP contribution < -0.4 is 10.2 Å². The second-order valence-electron chi connectivity index (χ2n) is 5.43. The van der Waals surface area contributed by atoms with Crippen LogP contribution in [0.3, 0.4) is 0 Å². The van der Waals surface area contributed by atoms with Crippen LogP contribution in [0.1, 0.15) is 38.8 Å². The van der Waals surface area contributed by atoms with Gasteiger partial charge in [0.1, 0.15) is 0 Å². The van der Waals surface area contributed by atoms with Crippen molar-refractivity contribution in [3.63, 3.8) is 0 Å². The first kappa shape index (κ1) is 17.0. The van der Waals surface area contributed by atoms with Crippen molar-refractivity contribution in [2.24, 2.45) is 0 Å². The highest BCUT2D eigenvalue weighted by Crippen LogP contribution is 2.21. The van der Waals surface area contributed by atoms with E-state index in [1.807, 2.05) is 6.92 Å². The maximum absolute atomic E-state index is 5.46. The number of aryl methyl sites for hydroxylation is 1. The molecular formula is C17H30N2O. The molecule has 3 nitrogen and oxygen atoms in total. The molecule has 0 saturated heterocycles. The van der Waals surface area contributed by atoms with E-state index in [-0.39, 0.29) is 0 Å². The van der Waals surface area contributed by atoms with E-state index in [4.69, 9.17) is 4.74 Å². The van der Waals surface area contributed by atoms with Gasteiger partial charge < -0.3 is 15.0 Å². The number of rotatable bonds is 9. The molecule has 114 valence electrons. The van der Waals surface area contributed by atoms with Gasteiger partial charge in [0.15, 0.2) is 0 Å². The first-order chi connectivity index (χ1) is 9.58. The lowest BCUT2D eigenvalue weighted by Gasteiger charge is -2.25. The fourth-order valence-electron chi connectivity index (χ4n) is 2.27. The van der Waals surface area contributed by atoms with Crippen LogP contribution in [0, 0.1) is 6.92 Å². The smallest absolute Gasteiger partial charge is 0.0641 e. The molecule has 1 rings (SSSR count). The zero-order valence-corrected chi connectivity index (χ0v) is 13.7. The monoisotopic (exact) mass is 278 g/mol. The average Bonchev–Trinajstić information content (AvgIpc) is 2.42. The van der Waals surface area contributed by atoms with Crippen LogP contribution in [0.2, 0.25) is 0 Å². The Bertz CT molecular complexity index is 391. The lowest BCUT2D eigenvalue weighted by Crippen LogP contribution is -2.28. The van der Waals surface area contributed by atoms with Crippen LogP contribution in [0.4, 0.5) is 5.69 Å². The maximum Gasteiger partial charge on any atom is 0.0641 e. The summed E-state index contributed by atoms with van der Waals surface area (Å²) in [4.78, 5) is 2.38. The minimum absolute atomic E-state index is 0.522. The lowest BCUT2D eigenvalue weighted by molar-refractivity contribution is 0.154. The number of hydrogen-bond acceptors (Lipinski definition) is 3. The van der Waals surface area contributed by atoms with Crippen molar-refractivity contribution < 1.29 is 4.74 Å². The maximum atomic E-state index is 5.46. The molecule has 0 bridgehead atoms. The van der Waals surface area contributed by atoms with E-state index in [0.29, 0.717) is 6.04 Å². The molecule has 0 heterocycles. The lowest BCUT2D eigenvalue weighted by atomic mass is 10.1. The van der Waals surface area contributed by atoms with Gasteiger partial charge in [-0.05, 0) is 38.0 Å². The number of benzene rings is 1. The van der Waals surface area contributed by atoms with Gasteiger partial charge in [0.25, 0.3) is 0 Å². The largest absolute Gasteiger partial charge is 0.380 e. The van der Waals surface area contributed by atoms with Crippen molar-refractivity contribution in [3.8, 4) is 0 Å². The zero-order valence-electron chi connectivity index (χ0n) is 13.7. The highest BCUT2D eigenvalue weighted by atomic mass is 16.5. The number of hydrogen-bond donors (Lipinski definition) is 1. The molecule has 0 radical (unpaired) electrons. The van der Waals surface area contributed by atoms with Crippen molar-refractivity contribution in [2.45, 2.75) is 47.2 Å². The van der Waals surface area contributed by atoms with E-state index in [0.717, 1.165) is 32.8 Å². The normalized spacial score (nSPS) is 11.1. The van der Waals surface area contributed by atoms with Crippen LogP contribution >= 0.6 is 0 Å². The summed E-state index contributed by atoms with van der Waals surface area (Å²) < 4.78 is 5.46. The SMILES string of the molecule is CCOCCN(CC)c1ccc(CNC(C)C)cc1C. The molecule has 0 aromatic heterocycles. The second kappa shape index (κ2) is 8.98. The molecule has 0 atom stereocenters. The highest BCUT2D eigenvalue weighted by molar-refractivity contribution is 5.54. The molecule has 1 N–H and O–H groups in total. The number of nitrogens with one attached hydrogen (secondary N) is 1. The van der Waals surface area contributed by atoms with Crippen molar-refractivity contribution in [2.75, 3.05) is 31.2 Å². The molecule has 20 heavy (non-hydrogen) atoms. The highest BCUT2D eigenvalue weighted by Gasteiger charge is 2.08.